The molecule has 1 heterocycles. The summed E-state index contributed by atoms with van der Waals surface area (Å²) in [6.07, 6.45) is 3.55. The van der Waals surface area contributed by atoms with Gasteiger partial charge in [-0.1, -0.05) is 13.8 Å². The van der Waals surface area contributed by atoms with Crippen LogP contribution in [0, 0.1) is 5.92 Å². The van der Waals surface area contributed by atoms with Crippen LogP contribution >= 0.6 is 0 Å². The lowest BCUT2D eigenvalue weighted by Crippen LogP contribution is -2.22. The van der Waals surface area contributed by atoms with Crippen molar-refractivity contribution in [1.29, 1.82) is 0 Å². The van der Waals surface area contributed by atoms with Crippen LogP contribution < -0.4 is 16.2 Å². The maximum absolute atomic E-state index is 5.47. The van der Waals surface area contributed by atoms with Crippen molar-refractivity contribution in [1.82, 2.24) is 9.97 Å². The molecule has 18 heavy (non-hydrogen) atoms. The molecule has 1 aromatic heterocycles. The first-order valence-electron chi connectivity index (χ1n) is 6.67. The lowest BCUT2D eigenvalue weighted by atomic mass is 10.1. The van der Waals surface area contributed by atoms with Crippen molar-refractivity contribution in [3.8, 4) is 0 Å². The van der Waals surface area contributed by atoms with Crippen LogP contribution in [0.2, 0.25) is 0 Å². The van der Waals surface area contributed by atoms with E-state index in [-0.39, 0.29) is 0 Å². The van der Waals surface area contributed by atoms with E-state index in [0.717, 1.165) is 24.6 Å². The summed E-state index contributed by atoms with van der Waals surface area (Å²) in [5.41, 5.74) is 2.63. The van der Waals surface area contributed by atoms with Crippen LogP contribution in [0.3, 0.4) is 0 Å². The lowest BCUT2D eigenvalue weighted by molar-refractivity contribution is 0.583. The average Bonchev–Trinajstić information content (AvgIpc) is 3.19. The minimum Gasteiger partial charge on any atom is -0.359 e. The summed E-state index contributed by atoms with van der Waals surface area (Å²) in [6.45, 7) is 5.47. The highest BCUT2D eigenvalue weighted by Gasteiger charge is 2.27. The van der Waals surface area contributed by atoms with Gasteiger partial charge in [-0.15, -0.1) is 0 Å². The molecule has 0 atom stereocenters. The number of nitrogens with two attached hydrogens (primary N) is 1. The third kappa shape index (κ3) is 3.32. The van der Waals surface area contributed by atoms with Gasteiger partial charge in [0, 0.05) is 25.6 Å². The number of rotatable bonds is 6. The standard InChI is InChI=1S/C13H23N5/c1-9(2)6-7-18(3)12-8-11(17-14)15-13(16-12)10-4-5-10/h8-10H,4-7,14H2,1-3H3,(H,15,16,17). The smallest absolute Gasteiger partial charge is 0.145 e. The normalized spacial score (nSPS) is 14.9. The Morgan fingerprint density at radius 3 is 2.72 bits per heavy atom. The molecule has 0 saturated heterocycles. The molecule has 5 heteroatoms. The van der Waals surface area contributed by atoms with Crippen molar-refractivity contribution >= 4 is 11.6 Å². The Bertz CT molecular complexity index is 400. The van der Waals surface area contributed by atoms with E-state index >= 15 is 0 Å². The molecule has 1 aromatic rings. The zero-order valence-corrected chi connectivity index (χ0v) is 11.5. The maximum Gasteiger partial charge on any atom is 0.145 e. The van der Waals surface area contributed by atoms with E-state index in [0.29, 0.717) is 17.7 Å². The van der Waals surface area contributed by atoms with Crippen LogP contribution in [0.5, 0.6) is 0 Å². The average molecular weight is 249 g/mol. The number of nitrogen functional groups attached to an aromatic ring is 1. The predicted octanol–water partition coefficient (Wildman–Crippen LogP) is 2.12. The number of hydrogen-bond donors (Lipinski definition) is 2. The molecule has 0 amide bonds. The maximum atomic E-state index is 5.47. The van der Waals surface area contributed by atoms with Gasteiger partial charge < -0.3 is 10.3 Å². The second-order valence-corrected chi connectivity index (χ2v) is 5.49. The van der Waals surface area contributed by atoms with Gasteiger partial charge in [0.25, 0.3) is 0 Å². The van der Waals surface area contributed by atoms with Crippen molar-refractivity contribution in [2.24, 2.45) is 11.8 Å². The third-order valence-electron chi connectivity index (χ3n) is 3.25. The first kappa shape index (κ1) is 13.1. The summed E-state index contributed by atoms with van der Waals surface area (Å²) in [4.78, 5) is 11.2. The summed E-state index contributed by atoms with van der Waals surface area (Å²) in [6, 6.07) is 1.91. The first-order valence-corrected chi connectivity index (χ1v) is 6.67. The number of hydrazine groups is 1. The fraction of sp³-hybridized carbons (Fsp3) is 0.692. The molecule has 0 aliphatic heterocycles. The van der Waals surface area contributed by atoms with Gasteiger partial charge in [0.2, 0.25) is 0 Å². The number of aromatic nitrogens is 2. The van der Waals surface area contributed by atoms with Crippen LogP contribution in [-0.4, -0.2) is 23.6 Å². The number of nitrogens with zero attached hydrogens (tertiary/aromatic N) is 3. The topological polar surface area (TPSA) is 67.1 Å². The molecule has 1 aliphatic carbocycles. The Balaban J connectivity index is 2.12. The largest absolute Gasteiger partial charge is 0.359 e. The quantitative estimate of drug-likeness (QED) is 0.597. The van der Waals surface area contributed by atoms with Gasteiger partial charge in [-0.25, -0.2) is 15.8 Å². The third-order valence-corrected chi connectivity index (χ3v) is 3.25. The molecular formula is C13H23N5. The van der Waals surface area contributed by atoms with Crippen LogP contribution in [0.25, 0.3) is 0 Å². The molecular weight excluding hydrogens is 226 g/mol. The highest BCUT2D eigenvalue weighted by atomic mass is 15.3. The summed E-state index contributed by atoms with van der Waals surface area (Å²) in [5, 5.41) is 0. The van der Waals surface area contributed by atoms with Gasteiger partial charge in [0.1, 0.15) is 17.5 Å². The van der Waals surface area contributed by atoms with E-state index in [2.05, 4.69) is 41.2 Å². The predicted molar refractivity (Wildman–Crippen MR) is 74.5 cm³/mol. The zero-order chi connectivity index (χ0) is 13.1. The molecule has 0 unspecified atom stereocenters. The van der Waals surface area contributed by atoms with Crippen molar-refractivity contribution in [3.05, 3.63) is 11.9 Å². The number of anilines is 2. The molecule has 100 valence electrons. The van der Waals surface area contributed by atoms with Crippen LogP contribution in [0.4, 0.5) is 11.6 Å². The zero-order valence-electron chi connectivity index (χ0n) is 11.5. The monoisotopic (exact) mass is 249 g/mol. The Hall–Kier alpha value is -1.36. The highest BCUT2D eigenvalue weighted by Crippen LogP contribution is 2.39. The second kappa shape index (κ2) is 5.52. The minimum atomic E-state index is 0.538. The summed E-state index contributed by atoms with van der Waals surface area (Å²) in [7, 11) is 2.07. The Morgan fingerprint density at radius 1 is 1.44 bits per heavy atom. The number of nitrogens with one attached hydrogen (secondary N) is 1. The highest BCUT2D eigenvalue weighted by molar-refractivity contribution is 5.48. The van der Waals surface area contributed by atoms with Crippen LogP contribution in [0.15, 0.2) is 6.07 Å². The van der Waals surface area contributed by atoms with Crippen molar-refractivity contribution in [2.45, 2.75) is 39.0 Å². The van der Waals surface area contributed by atoms with E-state index in [1.807, 2.05) is 6.07 Å². The molecule has 0 aromatic carbocycles. The van der Waals surface area contributed by atoms with E-state index in [9.17, 15) is 0 Å². The lowest BCUT2D eigenvalue weighted by Gasteiger charge is -2.20. The van der Waals surface area contributed by atoms with E-state index in [4.69, 9.17) is 5.84 Å². The molecule has 0 spiro atoms. The minimum absolute atomic E-state index is 0.538. The molecule has 1 aliphatic rings. The molecule has 3 N–H and O–H groups in total. The van der Waals surface area contributed by atoms with E-state index in [1.165, 1.54) is 12.8 Å². The Labute approximate surface area is 109 Å². The molecule has 1 fully saturated rings. The second-order valence-electron chi connectivity index (χ2n) is 5.49. The Morgan fingerprint density at radius 2 is 2.17 bits per heavy atom. The molecule has 0 bridgehead atoms. The fourth-order valence-electron chi connectivity index (χ4n) is 1.81. The SMILES string of the molecule is CC(C)CCN(C)c1cc(NN)nc(C2CC2)n1. The molecule has 0 radical (unpaired) electrons. The summed E-state index contributed by atoms with van der Waals surface area (Å²) >= 11 is 0. The van der Waals surface area contributed by atoms with Gasteiger partial charge >= 0.3 is 0 Å². The molecule has 5 nitrogen and oxygen atoms in total. The van der Waals surface area contributed by atoms with Gasteiger partial charge in [0.15, 0.2) is 0 Å². The number of hydrogen-bond acceptors (Lipinski definition) is 5. The van der Waals surface area contributed by atoms with Gasteiger partial charge in [-0.05, 0) is 25.2 Å². The van der Waals surface area contributed by atoms with Crippen LogP contribution in [-0.2, 0) is 0 Å². The van der Waals surface area contributed by atoms with Gasteiger partial charge in [-0.2, -0.15) is 0 Å². The van der Waals surface area contributed by atoms with Gasteiger partial charge in [0.05, 0.1) is 0 Å². The van der Waals surface area contributed by atoms with E-state index < -0.39 is 0 Å². The van der Waals surface area contributed by atoms with Crippen LogP contribution in [0.1, 0.15) is 44.9 Å². The fourth-order valence-corrected chi connectivity index (χ4v) is 1.81. The van der Waals surface area contributed by atoms with Crippen molar-refractivity contribution < 1.29 is 0 Å². The molecule has 1 saturated carbocycles. The van der Waals surface area contributed by atoms with Crippen molar-refractivity contribution in [3.63, 3.8) is 0 Å². The first-order chi connectivity index (χ1) is 8.60. The summed E-state index contributed by atoms with van der Waals surface area (Å²) in [5.74, 6) is 9.30. The molecule has 2 rings (SSSR count). The Kier molecular flexibility index (Phi) is 4.01. The van der Waals surface area contributed by atoms with Crippen molar-refractivity contribution in [2.75, 3.05) is 23.9 Å². The van der Waals surface area contributed by atoms with Gasteiger partial charge in [-0.3, -0.25) is 0 Å². The van der Waals surface area contributed by atoms with E-state index in [1.54, 1.807) is 0 Å². The summed E-state index contributed by atoms with van der Waals surface area (Å²) < 4.78 is 0.